The molecule has 150 valence electrons. The summed E-state index contributed by atoms with van der Waals surface area (Å²) in [7, 11) is 0. The molecule has 3 heterocycles. The zero-order valence-corrected chi connectivity index (χ0v) is 16.7. The standard InChI is InChI=1S/C21H29N5O2/c1-15(2)28-18-5-3-4-16(12-18)13-20(27)25-9-6-17(7-10-25)21-24-23-19-14-22-8-11-26(19)21/h3-5,12,15,17,22H,6-11,13-14H2,1-2H3. The van der Waals surface area contributed by atoms with E-state index in [1.54, 1.807) is 0 Å². The molecular formula is C21H29N5O2. The van der Waals surface area contributed by atoms with Crippen LogP contribution < -0.4 is 10.1 Å². The largest absolute Gasteiger partial charge is 0.491 e. The van der Waals surface area contributed by atoms with Crippen LogP contribution in [0.4, 0.5) is 0 Å². The molecule has 7 heteroatoms. The summed E-state index contributed by atoms with van der Waals surface area (Å²) in [6.07, 6.45) is 2.46. The van der Waals surface area contributed by atoms with Crippen molar-refractivity contribution >= 4 is 5.91 Å². The second kappa shape index (κ2) is 8.31. The number of benzene rings is 1. The van der Waals surface area contributed by atoms with Gasteiger partial charge in [-0.25, -0.2) is 0 Å². The number of likely N-dealkylation sites (tertiary alicyclic amines) is 1. The average Bonchev–Trinajstić information content (AvgIpc) is 3.12. The van der Waals surface area contributed by atoms with E-state index >= 15 is 0 Å². The lowest BCUT2D eigenvalue weighted by Crippen LogP contribution is -2.39. The van der Waals surface area contributed by atoms with E-state index in [1.165, 1.54) is 0 Å². The van der Waals surface area contributed by atoms with Gasteiger partial charge in [0.1, 0.15) is 17.4 Å². The van der Waals surface area contributed by atoms with E-state index in [1.807, 2.05) is 43.0 Å². The monoisotopic (exact) mass is 383 g/mol. The number of amides is 1. The van der Waals surface area contributed by atoms with Crippen LogP contribution in [-0.4, -0.2) is 51.3 Å². The van der Waals surface area contributed by atoms with Crippen LogP contribution in [0.25, 0.3) is 0 Å². The Morgan fingerprint density at radius 1 is 1.25 bits per heavy atom. The molecule has 2 aliphatic heterocycles. The van der Waals surface area contributed by atoms with Gasteiger partial charge in [0, 0.05) is 32.1 Å². The minimum Gasteiger partial charge on any atom is -0.491 e. The number of fused-ring (bicyclic) bond motifs is 1. The van der Waals surface area contributed by atoms with E-state index in [-0.39, 0.29) is 12.0 Å². The van der Waals surface area contributed by atoms with Crippen molar-refractivity contribution in [1.82, 2.24) is 25.0 Å². The molecule has 1 fully saturated rings. The number of piperidine rings is 1. The molecule has 1 amide bonds. The SMILES string of the molecule is CC(C)Oc1cccc(CC(=O)N2CCC(c3nnc4n3CCNC4)CC2)c1. The maximum Gasteiger partial charge on any atom is 0.226 e. The highest BCUT2D eigenvalue weighted by Gasteiger charge is 2.28. The second-order valence-corrected chi connectivity index (χ2v) is 7.95. The van der Waals surface area contributed by atoms with Gasteiger partial charge in [-0.2, -0.15) is 0 Å². The van der Waals surface area contributed by atoms with E-state index in [4.69, 9.17) is 4.74 Å². The minimum atomic E-state index is 0.128. The fraction of sp³-hybridized carbons (Fsp3) is 0.571. The van der Waals surface area contributed by atoms with E-state index in [0.29, 0.717) is 12.3 Å². The summed E-state index contributed by atoms with van der Waals surface area (Å²) in [4.78, 5) is 14.8. The van der Waals surface area contributed by atoms with Gasteiger partial charge in [0.2, 0.25) is 5.91 Å². The van der Waals surface area contributed by atoms with Crippen molar-refractivity contribution < 1.29 is 9.53 Å². The van der Waals surface area contributed by atoms with Crippen molar-refractivity contribution in [1.29, 1.82) is 0 Å². The Bertz CT molecular complexity index is 824. The van der Waals surface area contributed by atoms with Crippen molar-refractivity contribution in [3.05, 3.63) is 41.5 Å². The van der Waals surface area contributed by atoms with Crippen LogP contribution in [0.15, 0.2) is 24.3 Å². The fourth-order valence-electron chi connectivity index (χ4n) is 4.09. The number of ether oxygens (including phenoxy) is 1. The van der Waals surface area contributed by atoms with Gasteiger partial charge in [-0.3, -0.25) is 4.79 Å². The van der Waals surface area contributed by atoms with E-state index in [9.17, 15) is 4.79 Å². The molecule has 0 radical (unpaired) electrons. The predicted octanol–water partition coefficient (Wildman–Crippen LogP) is 2.12. The Hall–Kier alpha value is -2.41. The number of hydrogen-bond acceptors (Lipinski definition) is 5. The van der Waals surface area contributed by atoms with Gasteiger partial charge in [0.05, 0.1) is 19.1 Å². The van der Waals surface area contributed by atoms with Gasteiger partial charge in [-0.05, 0) is 44.4 Å². The van der Waals surface area contributed by atoms with Gasteiger partial charge in [-0.15, -0.1) is 10.2 Å². The Morgan fingerprint density at radius 3 is 2.86 bits per heavy atom. The third kappa shape index (κ3) is 4.19. The van der Waals surface area contributed by atoms with Gasteiger partial charge in [0.15, 0.2) is 0 Å². The number of aromatic nitrogens is 3. The fourth-order valence-corrected chi connectivity index (χ4v) is 4.09. The Balaban J connectivity index is 1.34. The van der Waals surface area contributed by atoms with Crippen LogP contribution in [0.2, 0.25) is 0 Å². The maximum absolute atomic E-state index is 12.8. The van der Waals surface area contributed by atoms with Crippen LogP contribution in [-0.2, 0) is 24.3 Å². The summed E-state index contributed by atoms with van der Waals surface area (Å²) in [5.74, 6) is 3.54. The Labute approximate surface area is 166 Å². The average molecular weight is 383 g/mol. The lowest BCUT2D eigenvalue weighted by Gasteiger charge is -2.32. The normalized spacial score (nSPS) is 17.6. The Kier molecular flexibility index (Phi) is 5.62. The third-order valence-corrected chi connectivity index (χ3v) is 5.49. The zero-order chi connectivity index (χ0) is 19.5. The Morgan fingerprint density at radius 2 is 2.07 bits per heavy atom. The van der Waals surface area contributed by atoms with E-state index < -0.39 is 0 Å². The summed E-state index contributed by atoms with van der Waals surface area (Å²) in [6, 6.07) is 7.86. The highest BCUT2D eigenvalue weighted by atomic mass is 16.5. The number of rotatable bonds is 5. The first kappa shape index (κ1) is 18.9. The molecule has 0 unspecified atom stereocenters. The summed E-state index contributed by atoms with van der Waals surface area (Å²) >= 11 is 0. The zero-order valence-electron chi connectivity index (χ0n) is 16.7. The molecule has 1 N–H and O–H groups in total. The molecule has 7 nitrogen and oxygen atoms in total. The number of hydrogen-bond donors (Lipinski definition) is 1. The minimum absolute atomic E-state index is 0.128. The maximum atomic E-state index is 12.8. The molecule has 1 aromatic heterocycles. The van der Waals surface area contributed by atoms with E-state index in [0.717, 1.165) is 68.5 Å². The predicted molar refractivity (Wildman–Crippen MR) is 106 cm³/mol. The number of carbonyl (C=O) groups is 1. The summed E-state index contributed by atoms with van der Waals surface area (Å²) < 4.78 is 8.00. The van der Waals surface area contributed by atoms with Gasteiger partial charge in [-0.1, -0.05) is 12.1 Å². The number of nitrogens with zero attached hydrogens (tertiary/aromatic N) is 4. The van der Waals surface area contributed by atoms with Crippen molar-refractivity contribution in [3.8, 4) is 5.75 Å². The highest BCUT2D eigenvalue weighted by molar-refractivity contribution is 5.79. The number of carbonyl (C=O) groups excluding carboxylic acids is 1. The van der Waals surface area contributed by atoms with Crippen LogP contribution >= 0.6 is 0 Å². The van der Waals surface area contributed by atoms with Crippen LogP contribution in [0.5, 0.6) is 5.75 Å². The van der Waals surface area contributed by atoms with Crippen molar-refractivity contribution in [2.45, 2.75) is 58.2 Å². The topological polar surface area (TPSA) is 72.3 Å². The highest BCUT2D eigenvalue weighted by Crippen LogP contribution is 2.28. The van der Waals surface area contributed by atoms with Crippen molar-refractivity contribution in [2.75, 3.05) is 19.6 Å². The quantitative estimate of drug-likeness (QED) is 0.856. The molecule has 2 aromatic rings. The number of nitrogens with one attached hydrogen (secondary N) is 1. The van der Waals surface area contributed by atoms with Gasteiger partial charge < -0.3 is 19.5 Å². The third-order valence-electron chi connectivity index (χ3n) is 5.49. The first-order chi connectivity index (χ1) is 13.6. The summed E-state index contributed by atoms with van der Waals surface area (Å²) in [6.45, 7) is 8.28. The van der Waals surface area contributed by atoms with Crippen LogP contribution in [0.3, 0.4) is 0 Å². The molecule has 0 bridgehead atoms. The lowest BCUT2D eigenvalue weighted by molar-refractivity contribution is -0.131. The first-order valence-corrected chi connectivity index (χ1v) is 10.3. The van der Waals surface area contributed by atoms with E-state index in [2.05, 4.69) is 20.1 Å². The van der Waals surface area contributed by atoms with Gasteiger partial charge >= 0.3 is 0 Å². The smallest absolute Gasteiger partial charge is 0.226 e. The van der Waals surface area contributed by atoms with Crippen molar-refractivity contribution in [2.24, 2.45) is 0 Å². The molecule has 0 saturated carbocycles. The summed E-state index contributed by atoms with van der Waals surface area (Å²) in [5, 5.41) is 12.1. The molecule has 2 aliphatic rings. The summed E-state index contributed by atoms with van der Waals surface area (Å²) in [5.41, 5.74) is 1.00. The molecular weight excluding hydrogens is 354 g/mol. The molecule has 0 atom stereocenters. The van der Waals surface area contributed by atoms with Crippen LogP contribution in [0, 0.1) is 0 Å². The van der Waals surface area contributed by atoms with Crippen LogP contribution in [0.1, 0.15) is 49.8 Å². The molecule has 4 rings (SSSR count). The molecule has 0 aliphatic carbocycles. The van der Waals surface area contributed by atoms with Gasteiger partial charge in [0.25, 0.3) is 0 Å². The second-order valence-electron chi connectivity index (χ2n) is 7.95. The first-order valence-electron chi connectivity index (χ1n) is 10.3. The lowest BCUT2D eigenvalue weighted by atomic mass is 9.95. The molecule has 0 spiro atoms. The molecule has 1 aromatic carbocycles. The molecule has 1 saturated heterocycles. The molecule has 28 heavy (non-hydrogen) atoms. The van der Waals surface area contributed by atoms with Crippen molar-refractivity contribution in [3.63, 3.8) is 0 Å².